The highest BCUT2D eigenvalue weighted by molar-refractivity contribution is 7.73. The Morgan fingerprint density at radius 3 is 2.15 bits per heavy atom. The van der Waals surface area contributed by atoms with E-state index in [1.54, 1.807) is 32.8 Å². The molecule has 0 radical (unpaired) electrons. The summed E-state index contributed by atoms with van der Waals surface area (Å²) in [7, 11) is -0.183. The second-order valence-electron chi connectivity index (χ2n) is 5.80. The highest BCUT2D eigenvalue weighted by atomic mass is 31.1. The van der Waals surface area contributed by atoms with Gasteiger partial charge in [0.1, 0.15) is 0 Å². The molecule has 3 aromatic rings. The molecule has 0 amide bonds. The molecule has 1 unspecified atom stereocenters. The summed E-state index contributed by atoms with van der Waals surface area (Å²) in [5.41, 5.74) is 4.73. The molecule has 0 spiro atoms. The van der Waals surface area contributed by atoms with Crippen LogP contribution in [-0.2, 0) is 19.0 Å². The molecule has 5 rings (SSSR count). The van der Waals surface area contributed by atoms with Crippen LogP contribution in [0.4, 0.5) is 0 Å². The number of benzene rings is 3. The lowest BCUT2D eigenvalue weighted by Crippen LogP contribution is -2.09. The highest BCUT2D eigenvalue weighted by Gasteiger charge is 2.28. The first-order valence-corrected chi connectivity index (χ1v) is 8.83. The molecule has 0 aromatic heterocycles. The zero-order valence-electron chi connectivity index (χ0n) is 11.3. The van der Waals surface area contributed by atoms with Gasteiger partial charge in [-0.3, -0.25) is 0 Å². The molecule has 20 heavy (non-hydrogen) atoms. The van der Waals surface area contributed by atoms with E-state index in [0.29, 0.717) is 0 Å². The lowest BCUT2D eigenvalue weighted by atomic mass is 10.0. The lowest BCUT2D eigenvalue weighted by Gasteiger charge is -2.13. The molecule has 0 N–H and O–H groups in total. The summed E-state index contributed by atoms with van der Waals surface area (Å²) in [4.78, 5) is 0. The molecule has 1 aliphatic heterocycles. The first kappa shape index (κ1) is 11.1. The van der Waals surface area contributed by atoms with Gasteiger partial charge >= 0.3 is 0 Å². The van der Waals surface area contributed by atoms with Crippen LogP contribution in [0.3, 0.4) is 0 Å². The molecule has 1 aliphatic carbocycles. The molecule has 0 bridgehead atoms. The molecule has 1 heterocycles. The fourth-order valence-electron chi connectivity index (χ4n) is 3.83. The predicted molar refractivity (Wildman–Crippen MR) is 87.7 cm³/mol. The van der Waals surface area contributed by atoms with Gasteiger partial charge in [0.2, 0.25) is 0 Å². The Morgan fingerprint density at radius 2 is 1.35 bits per heavy atom. The number of hydrogen-bond donors (Lipinski definition) is 0. The molecule has 0 saturated carbocycles. The predicted octanol–water partition coefficient (Wildman–Crippen LogP) is 3.88. The Balaban J connectivity index is 1.82. The summed E-state index contributed by atoms with van der Waals surface area (Å²) >= 11 is 0. The Hall–Kier alpha value is -1.65. The molecular formula is C19H15P. The molecule has 1 heteroatoms. The Morgan fingerprint density at radius 1 is 0.650 bits per heavy atom. The second kappa shape index (κ2) is 3.93. The van der Waals surface area contributed by atoms with E-state index >= 15 is 0 Å². The topological polar surface area (TPSA) is 0 Å². The fraction of sp³-hybridized carbons (Fsp3) is 0.158. The van der Waals surface area contributed by atoms with Crippen LogP contribution in [0.2, 0.25) is 0 Å². The molecule has 1 atom stereocenters. The summed E-state index contributed by atoms with van der Waals surface area (Å²) in [6, 6.07) is 20.7. The monoisotopic (exact) mass is 274 g/mol. The van der Waals surface area contributed by atoms with Gasteiger partial charge in [0.25, 0.3) is 0 Å². The van der Waals surface area contributed by atoms with Crippen molar-refractivity contribution in [1.29, 1.82) is 0 Å². The minimum atomic E-state index is -0.183. The van der Waals surface area contributed by atoms with Gasteiger partial charge in [-0.1, -0.05) is 54.6 Å². The van der Waals surface area contributed by atoms with Gasteiger partial charge in [0, 0.05) is 6.16 Å². The van der Waals surface area contributed by atoms with E-state index in [9.17, 15) is 0 Å². The maximum absolute atomic E-state index is 2.42. The SMILES string of the molecule is c1ccc(P2Cc3ccc4c5c(ccc2c35)CC4)cc1. The van der Waals surface area contributed by atoms with E-state index in [1.807, 2.05) is 0 Å². The minimum Gasteiger partial charge on any atom is -0.0622 e. The summed E-state index contributed by atoms with van der Waals surface area (Å²) in [6.45, 7) is 0. The van der Waals surface area contributed by atoms with Crippen molar-refractivity contribution in [2.45, 2.75) is 19.0 Å². The van der Waals surface area contributed by atoms with E-state index in [-0.39, 0.29) is 7.92 Å². The standard InChI is InChI=1S/C19H15P/c1-2-4-16(5-3-1)20-12-15-9-8-13-6-7-14-10-11-17(20)19(15)18(13)14/h1-5,8-11H,6-7,12H2. The third kappa shape index (κ3) is 1.35. The van der Waals surface area contributed by atoms with E-state index in [2.05, 4.69) is 54.6 Å². The average Bonchev–Trinajstić information content (AvgIpc) is 3.07. The average molecular weight is 274 g/mol. The van der Waals surface area contributed by atoms with Crippen molar-refractivity contribution < 1.29 is 0 Å². The van der Waals surface area contributed by atoms with Crippen LogP contribution in [0, 0.1) is 0 Å². The van der Waals surface area contributed by atoms with Crippen LogP contribution in [0.25, 0.3) is 10.8 Å². The van der Waals surface area contributed by atoms with Gasteiger partial charge < -0.3 is 0 Å². The van der Waals surface area contributed by atoms with Gasteiger partial charge in [-0.05, 0) is 58.8 Å². The van der Waals surface area contributed by atoms with Gasteiger partial charge in [0.15, 0.2) is 0 Å². The van der Waals surface area contributed by atoms with Crippen molar-refractivity contribution >= 4 is 29.3 Å². The van der Waals surface area contributed by atoms with Crippen molar-refractivity contribution in [3.63, 3.8) is 0 Å². The maximum Gasteiger partial charge on any atom is 0.00140 e. The van der Waals surface area contributed by atoms with Crippen LogP contribution in [0.15, 0.2) is 54.6 Å². The second-order valence-corrected chi connectivity index (χ2v) is 7.97. The zero-order chi connectivity index (χ0) is 13.1. The van der Waals surface area contributed by atoms with E-state index in [0.717, 1.165) is 0 Å². The Labute approximate surface area is 120 Å². The largest absolute Gasteiger partial charge is 0.0622 e. The molecule has 96 valence electrons. The number of aryl methyl sites for hydroxylation is 2. The zero-order valence-corrected chi connectivity index (χ0v) is 12.2. The van der Waals surface area contributed by atoms with Crippen LogP contribution < -0.4 is 10.6 Å². The minimum absolute atomic E-state index is 0.183. The van der Waals surface area contributed by atoms with Crippen LogP contribution in [0.1, 0.15) is 16.7 Å². The Kier molecular flexibility index (Phi) is 2.17. The smallest absolute Gasteiger partial charge is 0.00140 e. The Bertz CT molecular complexity index is 823. The summed E-state index contributed by atoms with van der Waals surface area (Å²) in [5.74, 6) is 0. The first-order valence-electron chi connectivity index (χ1n) is 7.31. The number of rotatable bonds is 1. The van der Waals surface area contributed by atoms with Crippen molar-refractivity contribution in [3.8, 4) is 0 Å². The fourth-order valence-corrected chi connectivity index (χ4v) is 6.38. The quantitative estimate of drug-likeness (QED) is 0.591. The van der Waals surface area contributed by atoms with Crippen LogP contribution in [-0.4, -0.2) is 0 Å². The molecule has 0 nitrogen and oxygen atoms in total. The van der Waals surface area contributed by atoms with E-state index < -0.39 is 0 Å². The summed E-state index contributed by atoms with van der Waals surface area (Å²) in [6.07, 6.45) is 3.70. The first-order chi connectivity index (χ1) is 9.92. The summed E-state index contributed by atoms with van der Waals surface area (Å²) in [5, 5.41) is 6.34. The molecule has 3 aromatic carbocycles. The van der Waals surface area contributed by atoms with Crippen LogP contribution >= 0.6 is 7.92 Å². The van der Waals surface area contributed by atoms with Crippen molar-refractivity contribution in [2.24, 2.45) is 0 Å². The van der Waals surface area contributed by atoms with E-state index in [4.69, 9.17) is 0 Å². The van der Waals surface area contributed by atoms with E-state index in [1.165, 1.54) is 24.3 Å². The molecule has 2 aliphatic rings. The van der Waals surface area contributed by atoms with Crippen molar-refractivity contribution in [1.82, 2.24) is 0 Å². The third-order valence-electron chi connectivity index (χ3n) is 4.75. The van der Waals surface area contributed by atoms with Gasteiger partial charge in [-0.2, -0.15) is 0 Å². The molecular weight excluding hydrogens is 259 g/mol. The highest BCUT2D eigenvalue weighted by Crippen LogP contribution is 2.49. The molecule has 0 saturated heterocycles. The normalized spacial score (nSPS) is 18.9. The van der Waals surface area contributed by atoms with Gasteiger partial charge in [0.05, 0.1) is 0 Å². The maximum atomic E-state index is 2.42. The van der Waals surface area contributed by atoms with Crippen molar-refractivity contribution in [2.75, 3.05) is 0 Å². The molecule has 0 fully saturated rings. The van der Waals surface area contributed by atoms with Crippen molar-refractivity contribution in [3.05, 3.63) is 71.3 Å². The number of hydrogen-bond acceptors (Lipinski definition) is 0. The van der Waals surface area contributed by atoms with Gasteiger partial charge in [-0.25, -0.2) is 0 Å². The summed E-state index contributed by atoms with van der Waals surface area (Å²) < 4.78 is 0. The lowest BCUT2D eigenvalue weighted by molar-refractivity contribution is 1.02. The van der Waals surface area contributed by atoms with Crippen LogP contribution in [0.5, 0.6) is 0 Å². The third-order valence-corrected chi connectivity index (χ3v) is 7.28. The van der Waals surface area contributed by atoms with Gasteiger partial charge in [-0.15, -0.1) is 0 Å².